The third-order valence-corrected chi connectivity index (χ3v) is 4.57. The van der Waals surface area contributed by atoms with E-state index in [4.69, 9.17) is 9.47 Å². The predicted octanol–water partition coefficient (Wildman–Crippen LogP) is 3.57. The van der Waals surface area contributed by atoms with Crippen LogP contribution in [0.1, 0.15) is 22.3 Å². The van der Waals surface area contributed by atoms with Gasteiger partial charge in [-0.25, -0.2) is 0 Å². The molecule has 5 nitrogen and oxygen atoms in total. The van der Waals surface area contributed by atoms with E-state index in [9.17, 15) is 4.79 Å². The van der Waals surface area contributed by atoms with Crippen LogP contribution < -0.4 is 9.47 Å². The molecular weight excluding hydrogens is 340 g/mol. The van der Waals surface area contributed by atoms with Gasteiger partial charge in [0.2, 0.25) is 0 Å². The van der Waals surface area contributed by atoms with Crippen LogP contribution in [-0.2, 0) is 0 Å². The van der Waals surface area contributed by atoms with Crippen LogP contribution in [0, 0.1) is 11.8 Å². The number of rotatable bonds is 2. The molecule has 0 spiro atoms. The lowest BCUT2D eigenvalue weighted by molar-refractivity contribution is 0.0817. The van der Waals surface area contributed by atoms with Crippen LogP contribution in [0.2, 0.25) is 0 Å². The van der Waals surface area contributed by atoms with Crippen LogP contribution in [0.4, 0.5) is 5.69 Å². The Morgan fingerprint density at radius 2 is 1.81 bits per heavy atom. The third kappa shape index (κ3) is 3.18. The SMILES string of the molecule is COc1cc2c(cc1OC)C(=O)N1C=C(C#Cc3ccccc3)C[C@H]1C=N2. The smallest absolute Gasteiger partial charge is 0.260 e. The van der Waals surface area contributed by atoms with Crippen LogP contribution in [-0.4, -0.2) is 37.3 Å². The minimum Gasteiger partial charge on any atom is -0.493 e. The first kappa shape index (κ1) is 16.9. The summed E-state index contributed by atoms with van der Waals surface area (Å²) in [5.41, 5.74) is 2.92. The Morgan fingerprint density at radius 3 is 2.56 bits per heavy atom. The van der Waals surface area contributed by atoms with E-state index in [2.05, 4.69) is 16.8 Å². The van der Waals surface area contributed by atoms with Crippen molar-refractivity contribution in [3.05, 3.63) is 65.4 Å². The number of ether oxygens (including phenoxy) is 2. The molecule has 0 unspecified atom stereocenters. The van der Waals surface area contributed by atoms with Crippen molar-refractivity contribution in [1.82, 2.24) is 4.90 Å². The summed E-state index contributed by atoms with van der Waals surface area (Å²) in [6, 6.07) is 13.1. The molecule has 5 heteroatoms. The van der Waals surface area contributed by atoms with Gasteiger partial charge in [0.1, 0.15) is 0 Å². The Kier molecular flexibility index (Phi) is 4.39. The fourth-order valence-electron chi connectivity index (χ4n) is 3.18. The highest BCUT2D eigenvalue weighted by atomic mass is 16.5. The molecule has 2 aromatic carbocycles. The van der Waals surface area contributed by atoms with E-state index in [1.807, 2.05) is 36.5 Å². The topological polar surface area (TPSA) is 51.1 Å². The molecule has 4 rings (SSSR count). The number of benzene rings is 2. The first-order chi connectivity index (χ1) is 13.2. The highest BCUT2D eigenvalue weighted by molar-refractivity contribution is 6.04. The van der Waals surface area contributed by atoms with Gasteiger partial charge in [-0.05, 0) is 18.2 Å². The minimum atomic E-state index is -0.137. The maximum absolute atomic E-state index is 13.1. The van der Waals surface area contributed by atoms with Crippen LogP contribution in [0.5, 0.6) is 11.5 Å². The molecule has 2 aromatic rings. The van der Waals surface area contributed by atoms with Crippen LogP contribution >= 0.6 is 0 Å². The monoisotopic (exact) mass is 358 g/mol. The fourth-order valence-corrected chi connectivity index (χ4v) is 3.18. The zero-order chi connectivity index (χ0) is 18.8. The number of fused-ring (bicyclic) bond motifs is 2. The molecule has 134 valence electrons. The molecule has 27 heavy (non-hydrogen) atoms. The zero-order valence-electron chi connectivity index (χ0n) is 15.1. The molecule has 2 aliphatic rings. The van der Waals surface area contributed by atoms with Crippen molar-refractivity contribution in [3.8, 4) is 23.3 Å². The summed E-state index contributed by atoms with van der Waals surface area (Å²) in [7, 11) is 3.11. The van der Waals surface area contributed by atoms with E-state index in [1.54, 1.807) is 37.5 Å². The van der Waals surface area contributed by atoms with E-state index in [1.165, 1.54) is 0 Å². The van der Waals surface area contributed by atoms with E-state index >= 15 is 0 Å². The number of hydrogen-bond donors (Lipinski definition) is 0. The summed E-state index contributed by atoms with van der Waals surface area (Å²) in [6.07, 6.45) is 4.27. The van der Waals surface area contributed by atoms with Crippen molar-refractivity contribution >= 4 is 17.8 Å². The van der Waals surface area contributed by atoms with Gasteiger partial charge in [-0.3, -0.25) is 9.79 Å². The number of carbonyl (C=O) groups excluding carboxylic acids is 1. The van der Waals surface area contributed by atoms with Gasteiger partial charge in [-0.2, -0.15) is 0 Å². The number of aliphatic imine (C=N–C) groups is 1. The summed E-state index contributed by atoms with van der Waals surface area (Å²) in [4.78, 5) is 19.3. The molecule has 1 atom stereocenters. The van der Waals surface area contributed by atoms with Gasteiger partial charge in [0, 0.05) is 36.0 Å². The minimum absolute atomic E-state index is 0.120. The van der Waals surface area contributed by atoms with Gasteiger partial charge in [-0.1, -0.05) is 30.0 Å². The molecule has 0 bridgehead atoms. The standard InChI is InChI=1S/C22H18N2O3/c1-26-20-11-18-19(12-21(20)27-2)23-13-17-10-16(14-24(17)22(18)25)9-8-15-6-4-3-5-7-15/h3-7,11-14,17H,10H2,1-2H3/t17-/m0/s1. The highest BCUT2D eigenvalue weighted by Crippen LogP contribution is 2.38. The van der Waals surface area contributed by atoms with Gasteiger partial charge in [0.05, 0.1) is 31.5 Å². The number of amides is 1. The zero-order valence-corrected chi connectivity index (χ0v) is 15.1. The first-order valence-corrected chi connectivity index (χ1v) is 8.60. The molecule has 2 aliphatic heterocycles. The van der Waals surface area contributed by atoms with E-state index in [-0.39, 0.29) is 11.9 Å². The van der Waals surface area contributed by atoms with Crippen molar-refractivity contribution in [2.24, 2.45) is 4.99 Å². The molecule has 0 fully saturated rings. The second-order valence-corrected chi connectivity index (χ2v) is 6.26. The van der Waals surface area contributed by atoms with Crippen LogP contribution in [0.3, 0.4) is 0 Å². The van der Waals surface area contributed by atoms with Gasteiger partial charge in [0.15, 0.2) is 11.5 Å². The Hall–Kier alpha value is -3.52. The lowest BCUT2D eigenvalue weighted by atomic mass is 10.1. The molecular formula is C22H18N2O3. The fraction of sp³-hybridized carbons (Fsp3) is 0.182. The van der Waals surface area contributed by atoms with Crippen molar-refractivity contribution in [2.75, 3.05) is 14.2 Å². The van der Waals surface area contributed by atoms with Gasteiger partial charge in [0.25, 0.3) is 5.91 Å². The molecule has 0 saturated heterocycles. The van der Waals surface area contributed by atoms with Gasteiger partial charge >= 0.3 is 0 Å². The molecule has 0 saturated carbocycles. The third-order valence-electron chi connectivity index (χ3n) is 4.57. The van der Waals surface area contributed by atoms with Crippen molar-refractivity contribution < 1.29 is 14.3 Å². The number of methoxy groups -OCH3 is 2. The van der Waals surface area contributed by atoms with E-state index in [0.717, 1.165) is 11.1 Å². The van der Waals surface area contributed by atoms with E-state index in [0.29, 0.717) is 29.2 Å². The van der Waals surface area contributed by atoms with Crippen molar-refractivity contribution in [2.45, 2.75) is 12.5 Å². The highest BCUT2D eigenvalue weighted by Gasteiger charge is 2.32. The molecule has 2 heterocycles. The predicted molar refractivity (Wildman–Crippen MR) is 104 cm³/mol. The summed E-state index contributed by atoms with van der Waals surface area (Å²) >= 11 is 0. The maximum atomic E-state index is 13.1. The van der Waals surface area contributed by atoms with E-state index < -0.39 is 0 Å². The molecule has 0 aliphatic carbocycles. The normalized spacial score (nSPS) is 17.3. The van der Waals surface area contributed by atoms with Crippen molar-refractivity contribution in [3.63, 3.8) is 0 Å². The lowest BCUT2D eigenvalue weighted by Gasteiger charge is -2.18. The summed E-state index contributed by atoms with van der Waals surface area (Å²) < 4.78 is 10.6. The molecule has 0 aromatic heterocycles. The quantitative estimate of drug-likeness (QED) is 0.771. The summed E-state index contributed by atoms with van der Waals surface area (Å²) in [6.45, 7) is 0. The Bertz CT molecular complexity index is 1010. The Labute approximate surface area is 157 Å². The largest absolute Gasteiger partial charge is 0.493 e. The molecule has 1 amide bonds. The lowest BCUT2D eigenvalue weighted by Crippen LogP contribution is -2.32. The van der Waals surface area contributed by atoms with Gasteiger partial charge < -0.3 is 14.4 Å². The van der Waals surface area contributed by atoms with Gasteiger partial charge in [-0.15, -0.1) is 0 Å². The Morgan fingerprint density at radius 1 is 1.07 bits per heavy atom. The maximum Gasteiger partial charge on any atom is 0.260 e. The summed E-state index contributed by atoms with van der Waals surface area (Å²) in [5, 5.41) is 0. The van der Waals surface area contributed by atoms with Crippen LogP contribution in [0.25, 0.3) is 0 Å². The van der Waals surface area contributed by atoms with Crippen molar-refractivity contribution in [1.29, 1.82) is 0 Å². The molecule has 0 radical (unpaired) electrons. The number of nitrogens with zero attached hydrogens (tertiary/aromatic N) is 2. The molecule has 0 N–H and O–H groups in total. The second kappa shape index (κ2) is 7.00. The number of hydrogen-bond acceptors (Lipinski definition) is 4. The van der Waals surface area contributed by atoms with Crippen LogP contribution in [0.15, 0.2) is 59.2 Å². The Balaban J connectivity index is 1.66. The first-order valence-electron chi connectivity index (χ1n) is 8.60. The average molecular weight is 358 g/mol. The number of carbonyl (C=O) groups is 1. The second-order valence-electron chi connectivity index (χ2n) is 6.26. The average Bonchev–Trinajstić information content (AvgIpc) is 3.08. The summed E-state index contributed by atoms with van der Waals surface area (Å²) in [5.74, 6) is 7.25.